The number of phenolic OH excluding ortho intramolecular Hbond substituents is 1. The van der Waals surface area contributed by atoms with Gasteiger partial charge in [-0.05, 0) is 30.3 Å². The maximum Gasteiger partial charge on any atom is 0.277 e. The van der Waals surface area contributed by atoms with Crippen molar-refractivity contribution in [2.45, 2.75) is 0 Å². The normalized spacial score (nSPS) is 10.5. The number of para-hydroxylation sites is 1. The molecule has 0 aliphatic carbocycles. The van der Waals surface area contributed by atoms with Gasteiger partial charge in [0.05, 0.1) is 6.21 Å². The summed E-state index contributed by atoms with van der Waals surface area (Å²) in [4.78, 5) is 11.5. The minimum atomic E-state index is -0.406. The average Bonchev–Trinajstić information content (AvgIpc) is 2.50. The number of benzene rings is 2. The number of hydrogen-bond acceptors (Lipinski definition) is 4. The number of rotatable bonds is 5. The zero-order chi connectivity index (χ0) is 15.1. The third-order valence-corrected chi connectivity index (χ3v) is 2.73. The van der Waals surface area contributed by atoms with Crippen LogP contribution in [0.25, 0.3) is 0 Å². The van der Waals surface area contributed by atoms with E-state index in [1.54, 1.807) is 18.2 Å². The highest BCUT2D eigenvalue weighted by Gasteiger charge is 2.02. The molecule has 0 radical (unpaired) electrons. The Hall–Kier alpha value is -2.53. The van der Waals surface area contributed by atoms with E-state index >= 15 is 0 Å². The number of aromatic hydroxyl groups is 1. The lowest BCUT2D eigenvalue weighted by molar-refractivity contribution is -0.123. The summed E-state index contributed by atoms with van der Waals surface area (Å²) < 4.78 is 5.26. The molecule has 2 rings (SSSR count). The van der Waals surface area contributed by atoms with E-state index in [-0.39, 0.29) is 12.4 Å². The van der Waals surface area contributed by atoms with Crippen LogP contribution in [0, 0.1) is 0 Å². The second-order valence-corrected chi connectivity index (χ2v) is 4.53. The topological polar surface area (TPSA) is 70.9 Å². The van der Waals surface area contributed by atoms with Crippen molar-refractivity contribution in [1.82, 2.24) is 5.43 Å². The van der Waals surface area contributed by atoms with Crippen molar-refractivity contribution >= 4 is 23.7 Å². The number of amides is 1. The maximum atomic E-state index is 11.5. The molecule has 5 nitrogen and oxygen atoms in total. The van der Waals surface area contributed by atoms with Crippen LogP contribution in [0.3, 0.4) is 0 Å². The molecule has 1 amide bonds. The zero-order valence-electron chi connectivity index (χ0n) is 11.0. The summed E-state index contributed by atoms with van der Waals surface area (Å²) in [6, 6.07) is 13.5. The maximum absolute atomic E-state index is 11.5. The van der Waals surface area contributed by atoms with E-state index in [9.17, 15) is 9.90 Å². The van der Waals surface area contributed by atoms with Gasteiger partial charge in [-0.15, -0.1) is 0 Å². The number of carbonyl (C=O) groups is 1. The van der Waals surface area contributed by atoms with Gasteiger partial charge in [0.1, 0.15) is 11.5 Å². The quantitative estimate of drug-likeness (QED) is 0.659. The molecule has 21 heavy (non-hydrogen) atoms. The van der Waals surface area contributed by atoms with E-state index in [0.717, 1.165) is 0 Å². The van der Waals surface area contributed by atoms with Crippen LogP contribution in [0.1, 0.15) is 5.56 Å². The van der Waals surface area contributed by atoms with Crippen molar-refractivity contribution in [1.29, 1.82) is 0 Å². The molecule has 2 aromatic carbocycles. The van der Waals surface area contributed by atoms with Crippen molar-refractivity contribution in [2.75, 3.05) is 6.61 Å². The molecule has 0 spiro atoms. The Balaban J connectivity index is 1.83. The molecule has 0 saturated carbocycles. The fourth-order valence-corrected chi connectivity index (χ4v) is 1.68. The molecule has 0 aromatic heterocycles. The zero-order valence-corrected chi connectivity index (χ0v) is 11.7. The van der Waals surface area contributed by atoms with Crippen LogP contribution >= 0.6 is 11.6 Å². The highest BCUT2D eigenvalue weighted by atomic mass is 35.5. The molecule has 0 fully saturated rings. The number of hydrazone groups is 1. The molecule has 0 bridgehead atoms. The Morgan fingerprint density at radius 2 is 2.05 bits per heavy atom. The van der Waals surface area contributed by atoms with Crippen LogP contribution in [-0.4, -0.2) is 23.8 Å². The molecule has 0 unspecified atom stereocenters. The molecular formula is C15H13ClN2O3. The largest absolute Gasteiger partial charge is 0.507 e. The minimum Gasteiger partial charge on any atom is -0.507 e. The summed E-state index contributed by atoms with van der Waals surface area (Å²) >= 11 is 5.80. The Kier molecular flexibility index (Phi) is 5.17. The van der Waals surface area contributed by atoms with Crippen molar-refractivity contribution < 1.29 is 14.6 Å². The second-order valence-electron chi connectivity index (χ2n) is 4.10. The summed E-state index contributed by atoms with van der Waals surface area (Å²) in [6.07, 6.45) is 1.31. The number of nitrogens with zero attached hydrogens (tertiary/aromatic N) is 1. The van der Waals surface area contributed by atoms with Crippen molar-refractivity contribution in [3.8, 4) is 11.5 Å². The number of phenols is 1. The minimum absolute atomic E-state index is 0.0259. The predicted molar refractivity (Wildman–Crippen MR) is 80.8 cm³/mol. The highest BCUT2D eigenvalue weighted by molar-refractivity contribution is 6.30. The Bertz CT molecular complexity index is 645. The lowest BCUT2D eigenvalue weighted by Crippen LogP contribution is -2.24. The van der Waals surface area contributed by atoms with Gasteiger partial charge in [0, 0.05) is 10.6 Å². The smallest absolute Gasteiger partial charge is 0.277 e. The molecular weight excluding hydrogens is 292 g/mol. The Labute approximate surface area is 126 Å². The first kappa shape index (κ1) is 14.9. The van der Waals surface area contributed by atoms with Gasteiger partial charge >= 0.3 is 0 Å². The number of halogens is 1. The van der Waals surface area contributed by atoms with Gasteiger partial charge in [-0.1, -0.05) is 29.8 Å². The van der Waals surface area contributed by atoms with Crippen molar-refractivity contribution in [2.24, 2.45) is 5.10 Å². The van der Waals surface area contributed by atoms with E-state index in [1.165, 1.54) is 18.3 Å². The molecule has 2 N–H and O–H groups in total. The number of nitrogens with one attached hydrogen (secondary N) is 1. The molecule has 2 aromatic rings. The van der Waals surface area contributed by atoms with Crippen LogP contribution in [0.5, 0.6) is 11.5 Å². The fourth-order valence-electron chi connectivity index (χ4n) is 1.50. The molecule has 0 aliphatic rings. The van der Waals surface area contributed by atoms with E-state index in [1.807, 2.05) is 18.2 Å². The van der Waals surface area contributed by atoms with Crippen LogP contribution in [0.2, 0.25) is 5.02 Å². The number of hydrogen-bond donors (Lipinski definition) is 2. The monoisotopic (exact) mass is 304 g/mol. The SMILES string of the molecule is O=C(COc1ccccc1)NN=Cc1cc(Cl)ccc1O. The van der Waals surface area contributed by atoms with Gasteiger partial charge < -0.3 is 9.84 Å². The van der Waals surface area contributed by atoms with E-state index < -0.39 is 5.91 Å². The summed E-state index contributed by atoms with van der Waals surface area (Å²) in [6.45, 7) is -0.150. The van der Waals surface area contributed by atoms with Gasteiger partial charge in [0.25, 0.3) is 5.91 Å². The molecule has 0 aliphatic heterocycles. The first-order chi connectivity index (χ1) is 10.1. The van der Waals surface area contributed by atoms with Crippen LogP contribution in [-0.2, 0) is 4.79 Å². The van der Waals surface area contributed by atoms with Gasteiger partial charge in [-0.2, -0.15) is 5.10 Å². The fraction of sp³-hybridized carbons (Fsp3) is 0.0667. The Morgan fingerprint density at radius 3 is 2.81 bits per heavy atom. The second kappa shape index (κ2) is 7.31. The van der Waals surface area contributed by atoms with E-state index in [0.29, 0.717) is 16.3 Å². The summed E-state index contributed by atoms with van der Waals surface area (Å²) in [7, 11) is 0. The van der Waals surface area contributed by atoms with Gasteiger partial charge in [0.2, 0.25) is 0 Å². The molecule has 6 heteroatoms. The van der Waals surface area contributed by atoms with Crippen LogP contribution in [0.15, 0.2) is 53.6 Å². The van der Waals surface area contributed by atoms with Gasteiger partial charge in [-0.3, -0.25) is 4.79 Å². The van der Waals surface area contributed by atoms with E-state index in [2.05, 4.69) is 10.5 Å². The molecule has 0 atom stereocenters. The molecule has 0 heterocycles. The number of carbonyl (C=O) groups excluding carboxylic acids is 1. The molecule has 0 saturated heterocycles. The lowest BCUT2D eigenvalue weighted by atomic mass is 10.2. The standard InChI is InChI=1S/C15H13ClN2O3/c16-12-6-7-14(19)11(8-12)9-17-18-15(20)10-21-13-4-2-1-3-5-13/h1-9,19H,10H2,(H,18,20). The first-order valence-corrected chi connectivity index (χ1v) is 6.51. The summed E-state index contributed by atoms with van der Waals surface area (Å²) in [5.74, 6) is 0.221. The lowest BCUT2D eigenvalue weighted by Gasteiger charge is -2.04. The third-order valence-electron chi connectivity index (χ3n) is 2.50. The van der Waals surface area contributed by atoms with Gasteiger partial charge in [0.15, 0.2) is 6.61 Å². The van der Waals surface area contributed by atoms with Crippen LogP contribution in [0.4, 0.5) is 0 Å². The number of ether oxygens (including phenoxy) is 1. The van der Waals surface area contributed by atoms with Gasteiger partial charge in [-0.25, -0.2) is 5.43 Å². The highest BCUT2D eigenvalue weighted by Crippen LogP contribution is 2.19. The van der Waals surface area contributed by atoms with Crippen LogP contribution < -0.4 is 10.2 Å². The van der Waals surface area contributed by atoms with E-state index in [4.69, 9.17) is 16.3 Å². The third kappa shape index (κ3) is 4.81. The summed E-state index contributed by atoms with van der Waals surface area (Å²) in [5, 5.41) is 13.8. The first-order valence-electron chi connectivity index (χ1n) is 6.13. The summed E-state index contributed by atoms with van der Waals surface area (Å²) in [5.41, 5.74) is 2.71. The van der Waals surface area contributed by atoms with Crippen molar-refractivity contribution in [3.63, 3.8) is 0 Å². The van der Waals surface area contributed by atoms with Crippen molar-refractivity contribution in [3.05, 3.63) is 59.1 Å². The predicted octanol–water partition coefficient (Wildman–Crippen LogP) is 2.57. The average molecular weight is 305 g/mol. The Morgan fingerprint density at radius 1 is 1.29 bits per heavy atom. The molecule has 108 valence electrons.